The first-order valence-electron chi connectivity index (χ1n) is 9.24. The Balaban J connectivity index is 2.02. The topological polar surface area (TPSA) is 59.5 Å². The van der Waals surface area contributed by atoms with Gasteiger partial charge in [0, 0.05) is 30.0 Å². The zero-order valence-corrected chi connectivity index (χ0v) is 18.8. The number of rotatable bonds is 8. The third-order valence-corrected chi connectivity index (χ3v) is 6.92. The Morgan fingerprint density at radius 1 is 1.00 bits per heavy atom. The van der Waals surface area contributed by atoms with Crippen molar-refractivity contribution >= 4 is 26.0 Å². The van der Waals surface area contributed by atoms with Crippen molar-refractivity contribution in [2.45, 2.75) is 31.3 Å². The fourth-order valence-electron chi connectivity index (χ4n) is 3.00. The first-order chi connectivity index (χ1) is 13.9. The van der Waals surface area contributed by atoms with E-state index in [-0.39, 0.29) is 18.0 Å². The van der Waals surface area contributed by atoms with E-state index in [1.165, 1.54) is 17.0 Å². The van der Waals surface area contributed by atoms with Gasteiger partial charge in [-0.1, -0.05) is 53.2 Å². The highest BCUT2D eigenvalue weighted by molar-refractivity contribution is 9.10. The minimum Gasteiger partial charge on any atom is -0.495 e. The highest BCUT2D eigenvalue weighted by Crippen LogP contribution is 2.31. The number of sulfonamides is 1. The predicted octanol–water partition coefficient (Wildman–Crippen LogP) is 4.81. The van der Waals surface area contributed by atoms with Crippen molar-refractivity contribution in [3.8, 4) is 5.75 Å². The van der Waals surface area contributed by atoms with Crippen LogP contribution < -0.4 is 4.74 Å². The molecule has 5 nitrogen and oxygen atoms in total. The third-order valence-electron chi connectivity index (χ3n) is 4.62. The predicted molar refractivity (Wildman–Crippen MR) is 117 cm³/mol. The van der Waals surface area contributed by atoms with Crippen LogP contribution in [0.25, 0.3) is 0 Å². The van der Waals surface area contributed by atoms with Gasteiger partial charge in [0.1, 0.15) is 10.6 Å². The molecule has 0 fully saturated rings. The molecule has 3 aromatic rings. The number of halogens is 1. The van der Waals surface area contributed by atoms with Gasteiger partial charge in [0.15, 0.2) is 0 Å². The van der Waals surface area contributed by atoms with Crippen molar-refractivity contribution in [3.63, 3.8) is 0 Å². The van der Waals surface area contributed by atoms with Gasteiger partial charge >= 0.3 is 0 Å². The monoisotopic (exact) mass is 474 g/mol. The van der Waals surface area contributed by atoms with Crippen molar-refractivity contribution in [1.29, 1.82) is 0 Å². The Kier molecular flexibility index (Phi) is 7.05. The highest BCUT2D eigenvalue weighted by atomic mass is 79.9. The minimum atomic E-state index is -3.83. The lowest BCUT2D eigenvalue weighted by Gasteiger charge is -2.23. The average molecular weight is 475 g/mol. The molecule has 0 atom stereocenters. The second kappa shape index (κ2) is 9.52. The number of pyridine rings is 1. The van der Waals surface area contributed by atoms with Crippen LogP contribution in [0.5, 0.6) is 5.75 Å². The first-order valence-corrected chi connectivity index (χ1v) is 11.5. The van der Waals surface area contributed by atoms with Crippen molar-refractivity contribution < 1.29 is 13.2 Å². The summed E-state index contributed by atoms with van der Waals surface area (Å²) in [5, 5.41) is 0. The summed E-state index contributed by atoms with van der Waals surface area (Å²) >= 11 is 3.37. The SMILES string of the molecule is CCc1ccc(CN(Cc2cccnc2)S(=O)(=O)c2cc(Br)ccc2OC)cc1. The molecule has 0 aliphatic heterocycles. The molecule has 0 unspecified atom stereocenters. The number of hydrogen-bond acceptors (Lipinski definition) is 4. The van der Waals surface area contributed by atoms with Crippen LogP contribution in [0.2, 0.25) is 0 Å². The Morgan fingerprint density at radius 3 is 2.31 bits per heavy atom. The number of ether oxygens (including phenoxy) is 1. The molecular formula is C22H23BrN2O3S. The molecule has 1 heterocycles. The van der Waals surface area contributed by atoms with Gasteiger partial charge in [-0.05, 0) is 47.4 Å². The maximum absolute atomic E-state index is 13.6. The van der Waals surface area contributed by atoms with E-state index >= 15 is 0 Å². The summed E-state index contributed by atoms with van der Waals surface area (Å²) in [7, 11) is -2.36. The fraction of sp³-hybridized carbons (Fsp3) is 0.227. The van der Waals surface area contributed by atoms with Gasteiger partial charge in [0.25, 0.3) is 0 Å². The smallest absolute Gasteiger partial charge is 0.247 e. The Bertz CT molecular complexity index is 1060. The van der Waals surface area contributed by atoms with Gasteiger partial charge in [-0.25, -0.2) is 8.42 Å². The molecular weight excluding hydrogens is 452 g/mol. The maximum atomic E-state index is 13.6. The summed E-state index contributed by atoms with van der Waals surface area (Å²) in [5.74, 6) is 0.311. The Morgan fingerprint density at radius 2 is 1.69 bits per heavy atom. The zero-order chi connectivity index (χ0) is 20.9. The van der Waals surface area contributed by atoms with Crippen LogP contribution in [0, 0.1) is 0 Å². The van der Waals surface area contributed by atoms with E-state index in [0.29, 0.717) is 10.2 Å². The van der Waals surface area contributed by atoms with E-state index in [1.54, 1.807) is 36.7 Å². The van der Waals surface area contributed by atoms with Gasteiger partial charge in [-0.3, -0.25) is 4.98 Å². The van der Waals surface area contributed by atoms with Gasteiger partial charge in [-0.15, -0.1) is 0 Å². The van der Waals surface area contributed by atoms with Crippen LogP contribution in [0.4, 0.5) is 0 Å². The molecule has 29 heavy (non-hydrogen) atoms. The van der Waals surface area contributed by atoms with Crippen LogP contribution in [0.15, 0.2) is 76.4 Å². The standard InChI is InChI=1S/C22H23BrN2O3S/c1-3-17-6-8-18(9-7-17)15-25(16-19-5-4-12-24-14-19)29(26,27)22-13-20(23)10-11-21(22)28-2/h4-14H,3,15-16H2,1-2H3. The molecule has 0 aliphatic carbocycles. The number of aryl methyl sites for hydroxylation is 1. The molecule has 1 aromatic heterocycles. The van der Waals surface area contributed by atoms with E-state index in [9.17, 15) is 8.42 Å². The number of aromatic nitrogens is 1. The summed E-state index contributed by atoms with van der Waals surface area (Å²) in [6.07, 6.45) is 4.29. The fourth-order valence-corrected chi connectivity index (χ4v) is 5.11. The van der Waals surface area contributed by atoms with E-state index in [2.05, 4.69) is 27.8 Å². The summed E-state index contributed by atoms with van der Waals surface area (Å²) in [6, 6.07) is 16.7. The Hall–Kier alpha value is -2.22. The van der Waals surface area contributed by atoms with Gasteiger partial charge < -0.3 is 4.74 Å². The van der Waals surface area contributed by atoms with Crippen molar-refractivity contribution in [3.05, 3.63) is 88.2 Å². The summed E-state index contributed by atoms with van der Waals surface area (Å²) in [4.78, 5) is 4.24. The van der Waals surface area contributed by atoms with Crippen LogP contribution >= 0.6 is 15.9 Å². The van der Waals surface area contributed by atoms with Crippen LogP contribution in [0.1, 0.15) is 23.6 Å². The van der Waals surface area contributed by atoms with Crippen molar-refractivity contribution in [1.82, 2.24) is 9.29 Å². The number of methoxy groups -OCH3 is 1. The van der Waals surface area contributed by atoms with Gasteiger partial charge in [0.2, 0.25) is 10.0 Å². The number of nitrogens with zero attached hydrogens (tertiary/aromatic N) is 2. The molecule has 2 aromatic carbocycles. The van der Waals surface area contributed by atoms with Crippen LogP contribution in [-0.4, -0.2) is 24.8 Å². The van der Waals surface area contributed by atoms with Gasteiger partial charge in [-0.2, -0.15) is 4.31 Å². The molecule has 0 radical (unpaired) electrons. The minimum absolute atomic E-state index is 0.128. The second-order valence-corrected chi connectivity index (χ2v) is 9.42. The van der Waals surface area contributed by atoms with E-state index in [1.807, 2.05) is 30.3 Å². The third kappa shape index (κ3) is 5.23. The summed E-state index contributed by atoms with van der Waals surface area (Å²) in [6.45, 7) is 2.55. The van der Waals surface area contributed by atoms with Gasteiger partial charge in [0.05, 0.1) is 7.11 Å². The molecule has 0 saturated carbocycles. The lowest BCUT2D eigenvalue weighted by Crippen LogP contribution is -2.30. The molecule has 0 bridgehead atoms. The van der Waals surface area contributed by atoms with E-state index < -0.39 is 10.0 Å². The average Bonchev–Trinajstić information content (AvgIpc) is 2.74. The zero-order valence-electron chi connectivity index (χ0n) is 16.4. The molecule has 3 rings (SSSR count). The summed E-state index contributed by atoms with van der Waals surface area (Å²) < 4.78 is 34.7. The lowest BCUT2D eigenvalue weighted by molar-refractivity contribution is 0.382. The molecule has 0 aliphatic rings. The maximum Gasteiger partial charge on any atom is 0.247 e. The molecule has 7 heteroatoms. The summed E-state index contributed by atoms with van der Waals surface area (Å²) in [5.41, 5.74) is 2.95. The Labute approximate surface area is 180 Å². The lowest BCUT2D eigenvalue weighted by atomic mass is 10.1. The molecule has 0 N–H and O–H groups in total. The van der Waals surface area contributed by atoms with E-state index in [0.717, 1.165) is 17.5 Å². The normalized spacial score (nSPS) is 11.6. The van der Waals surface area contributed by atoms with E-state index in [4.69, 9.17) is 4.74 Å². The van der Waals surface area contributed by atoms with Crippen LogP contribution in [0.3, 0.4) is 0 Å². The molecule has 0 spiro atoms. The van der Waals surface area contributed by atoms with Crippen molar-refractivity contribution in [2.75, 3.05) is 7.11 Å². The van der Waals surface area contributed by atoms with Crippen LogP contribution in [-0.2, 0) is 29.5 Å². The molecule has 0 amide bonds. The largest absolute Gasteiger partial charge is 0.495 e. The number of hydrogen-bond donors (Lipinski definition) is 0. The van der Waals surface area contributed by atoms with Crippen molar-refractivity contribution in [2.24, 2.45) is 0 Å². The molecule has 152 valence electrons. The quantitative estimate of drug-likeness (QED) is 0.470. The number of benzene rings is 2. The second-order valence-electron chi connectivity index (χ2n) is 6.60. The first kappa shape index (κ1) is 21.5. The highest BCUT2D eigenvalue weighted by Gasteiger charge is 2.28. The molecule has 0 saturated heterocycles.